The summed E-state index contributed by atoms with van der Waals surface area (Å²) in [5.74, 6) is -0.867. The second-order valence-electron chi connectivity index (χ2n) is 10.3. The fourth-order valence-corrected chi connectivity index (χ4v) is 3.87. The molecule has 0 unspecified atom stereocenters. The van der Waals surface area contributed by atoms with E-state index in [-0.39, 0.29) is 13.1 Å². The van der Waals surface area contributed by atoms with Crippen molar-refractivity contribution in [2.75, 3.05) is 0 Å². The van der Waals surface area contributed by atoms with Crippen LogP contribution in [-0.2, 0) is 22.6 Å². The molecule has 2 aliphatic rings. The minimum atomic E-state index is -0.736. The van der Waals surface area contributed by atoms with Gasteiger partial charge in [-0.25, -0.2) is 19.4 Å². The second-order valence-corrected chi connectivity index (χ2v) is 10.3. The van der Waals surface area contributed by atoms with Crippen LogP contribution < -0.4 is 0 Å². The fraction of sp³-hybridized carbons (Fsp3) is 0.400. The summed E-state index contributed by atoms with van der Waals surface area (Å²) in [5.41, 5.74) is 1.79. The van der Waals surface area contributed by atoms with Gasteiger partial charge in [-0.05, 0) is 65.3 Å². The van der Waals surface area contributed by atoms with Gasteiger partial charge in [-0.1, -0.05) is 6.07 Å². The van der Waals surface area contributed by atoms with Crippen molar-refractivity contribution in [3.8, 4) is 11.3 Å². The zero-order chi connectivity index (χ0) is 25.0. The number of hydrogen-bond acceptors (Lipinski definition) is 7. The normalized spacial score (nSPS) is 15.4. The van der Waals surface area contributed by atoms with Gasteiger partial charge >= 0.3 is 12.2 Å². The van der Waals surface area contributed by atoms with Gasteiger partial charge in [0.05, 0.1) is 18.8 Å². The molecule has 3 heterocycles. The van der Waals surface area contributed by atoms with E-state index >= 15 is 0 Å². The molecule has 4 amide bonds. The van der Waals surface area contributed by atoms with Crippen molar-refractivity contribution in [2.24, 2.45) is 0 Å². The quantitative estimate of drug-likeness (QED) is 0.609. The predicted octanol–water partition coefficient (Wildman–Crippen LogP) is 4.53. The standard InChI is InChI=1S/C25H27N3O6/c1-24(2,3)33-22(31)27-12-15-11-14(7-8-16(15)20(27)29)19-18-13-28(23(32)34-25(4,5)6)21(30)17(18)9-10-26-19/h7-11H,12-13H2,1-6H3. The van der Waals surface area contributed by atoms with Gasteiger partial charge < -0.3 is 9.47 Å². The molecule has 0 aliphatic carbocycles. The predicted molar refractivity (Wildman–Crippen MR) is 122 cm³/mol. The number of benzene rings is 1. The molecule has 178 valence electrons. The van der Waals surface area contributed by atoms with Crippen LogP contribution >= 0.6 is 0 Å². The number of nitrogens with zero attached hydrogens (tertiary/aromatic N) is 3. The first kappa shape index (κ1) is 23.4. The van der Waals surface area contributed by atoms with E-state index in [2.05, 4.69) is 4.98 Å². The topological polar surface area (TPSA) is 106 Å². The van der Waals surface area contributed by atoms with Gasteiger partial charge in [-0.3, -0.25) is 14.6 Å². The van der Waals surface area contributed by atoms with E-state index in [1.807, 2.05) is 0 Å². The van der Waals surface area contributed by atoms with E-state index in [0.717, 1.165) is 9.80 Å². The number of carbonyl (C=O) groups excluding carboxylic acids is 4. The van der Waals surface area contributed by atoms with Crippen molar-refractivity contribution in [1.82, 2.24) is 14.8 Å². The van der Waals surface area contributed by atoms with Crippen LogP contribution in [0.3, 0.4) is 0 Å². The van der Waals surface area contributed by atoms with Crippen LogP contribution in [0.25, 0.3) is 11.3 Å². The van der Waals surface area contributed by atoms with E-state index in [4.69, 9.17) is 9.47 Å². The van der Waals surface area contributed by atoms with Crippen molar-refractivity contribution < 1.29 is 28.7 Å². The Balaban J connectivity index is 1.62. The molecule has 0 saturated carbocycles. The molecule has 0 atom stereocenters. The summed E-state index contributed by atoms with van der Waals surface area (Å²) < 4.78 is 10.7. The summed E-state index contributed by atoms with van der Waals surface area (Å²) in [6.45, 7) is 10.5. The van der Waals surface area contributed by atoms with E-state index in [1.165, 1.54) is 6.20 Å². The summed E-state index contributed by atoms with van der Waals surface area (Å²) in [7, 11) is 0. The van der Waals surface area contributed by atoms with Crippen molar-refractivity contribution in [1.29, 1.82) is 0 Å². The van der Waals surface area contributed by atoms with Crippen LogP contribution in [0, 0.1) is 0 Å². The molecule has 0 saturated heterocycles. The zero-order valence-electron chi connectivity index (χ0n) is 20.1. The minimum Gasteiger partial charge on any atom is -0.443 e. The molecular weight excluding hydrogens is 438 g/mol. The van der Waals surface area contributed by atoms with Crippen LogP contribution in [0.1, 0.15) is 73.4 Å². The van der Waals surface area contributed by atoms with Gasteiger partial charge in [0, 0.05) is 28.5 Å². The summed E-state index contributed by atoms with van der Waals surface area (Å²) in [5, 5.41) is 0. The maximum atomic E-state index is 12.9. The summed E-state index contributed by atoms with van der Waals surface area (Å²) >= 11 is 0. The Hall–Kier alpha value is -3.75. The Morgan fingerprint density at radius 2 is 1.38 bits per heavy atom. The van der Waals surface area contributed by atoms with Gasteiger partial charge in [0.1, 0.15) is 11.2 Å². The van der Waals surface area contributed by atoms with Gasteiger partial charge in [0.15, 0.2) is 0 Å². The molecule has 9 heteroatoms. The molecule has 1 aromatic carbocycles. The Bertz CT molecular complexity index is 1220. The number of amides is 4. The summed E-state index contributed by atoms with van der Waals surface area (Å²) in [4.78, 5) is 57.2. The molecule has 0 spiro atoms. The third-order valence-corrected chi connectivity index (χ3v) is 5.26. The van der Waals surface area contributed by atoms with Crippen LogP contribution in [-0.4, -0.2) is 50.0 Å². The molecule has 4 rings (SSSR count). The Morgan fingerprint density at radius 3 is 1.97 bits per heavy atom. The Morgan fingerprint density at radius 1 is 0.824 bits per heavy atom. The highest BCUT2D eigenvalue weighted by atomic mass is 16.6. The maximum Gasteiger partial charge on any atom is 0.417 e. The van der Waals surface area contributed by atoms with Crippen molar-refractivity contribution in [3.05, 3.63) is 52.7 Å². The molecule has 0 N–H and O–H groups in total. The third-order valence-electron chi connectivity index (χ3n) is 5.26. The molecule has 0 bridgehead atoms. The van der Waals surface area contributed by atoms with Crippen molar-refractivity contribution >= 4 is 24.0 Å². The first-order valence-electron chi connectivity index (χ1n) is 11.0. The number of pyridine rings is 1. The molecule has 1 aromatic heterocycles. The first-order chi connectivity index (χ1) is 15.7. The largest absolute Gasteiger partial charge is 0.443 e. The highest BCUT2D eigenvalue weighted by molar-refractivity contribution is 6.08. The Labute approximate surface area is 197 Å². The molecule has 0 radical (unpaired) electrons. The lowest BCUT2D eigenvalue weighted by molar-refractivity contribution is 0.0231. The smallest absolute Gasteiger partial charge is 0.417 e. The molecule has 34 heavy (non-hydrogen) atoms. The molecule has 9 nitrogen and oxygen atoms in total. The van der Waals surface area contributed by atoms with Crippen LogP contribution in [0.15, 0.2) is 30.5 Å². The molecule has 2 aromatic rings. The minimum absolute atomic E-state index is 0.0340. The third kappa shape index (κ3) is 4.37. The Kier molecular flexibility index (Phi) is 5.46. The van der Waals surface area contributed by atoms with E-state index in [0.29, 0.717) is 33.5 Å². The van der Waals surface area contributed by atoms with Crippen LogP contribution in [0.2, 0.25) is 0 Å². The summed E-state index contributed by atoms with van der Waals surface area (Å²) in [6, 6.07) is 6.72. The molecule has 0 fully saturated rings. The van der Waals surface area contributed by atoms with Gasteiger partial charge in [-0.15, -0.1) is 0 Å². The molecular formula is C25H27N3O6. The number of rotatable bonds is 1. The average molecular weight is 466 g/mol. The van der Waals surface area contributed by atoms with Crippen LogP contribution in [0.4, 0.5) is 9.59 Å². The van der Waals surface area contributed by atoms with E-state index in [1.54, 1.807) is 65.8 Å². The summed E-state index contributed by atoms with van der Waals surface area (Å²) in [6.07, 6.45) is 0.0931. The van der Waals surface area contributed by atoms with Gasteiger partial charge in [0.25, 0.3) is 11.8 Å². The number of aromatic nitrogens is 1. The number of carbonyl (C=O) groups is 4. The second kappa shape index (κ2) is 7.93. The first-order valence-corrected chi connectivity index (χ1v) is 11.0. The average Bonchev–Trinajstić information content (AvgIpc) is 3.22. The number of hydrogen-bond donors (Lipinski definition) is 0. The number of ether oxygens (including phenoxy) is 2. The van der Waals surface area contributed by atoms with Crippen molar-refractivity contribution in [2.45, 2.75) is 65.8 Å². The lowest BCUT2D eigenvalue weighted by Crippen LogP contribution is -2.36. The monoisotopic (exact) mass is 465 g/mol. The number of fused-ring (bicyclic) bond motifs is 2. The molecule has 2 aliphatic heterocycles. The van der Waals surface area contributed by atoms with E-state index < -0.39 is 35.2 Å². The lowest BCUT2D eigenvalue weighted by Gasteiger charge is -2.23. The SMILES string of the molecule is CC(C)(C)OC(=O)N1Cc2cc(-c3nccc4c3CN(C(=O)OC(C)(C)C)C4=O)ccc2C1=O. The van der Waals surface area contributed by atoms with E-state index in [9.17, 15) is 19.2 Å². The zero-order valence-corrected chi connectivity index (χ0v) is 20.1. The highest BCUT2D eigenvalue weighted by Gasteiger charge is 2.38. The number of imide groups is 2. The fourth-order valence-electron chi connectivity index (χ4n) is 3.87. The highest BCUT2D eigenvalue weighted by Crippen LogP contribution is 2.34. The van der Waals surface area contributed by atoms with Crippen molar-refractivity contribution in [3.63, 3.8) is 0 Å². The van der Waals surface area contributed by atoms with Crippen LogP contribution in [0.5, 0.6) is 0 Å². The lowest BCUT2D eigenvalue weighted by atomic mass is 9.99. The van der Waals surface area contributed by atoms with Gasteiger partial charge in [0.2, 0.25) is 0 Å². The maximum absolute atomic E-state index is 12.9. The van der Waals surface area contributed by atoms with Gasteiger partial charge in [-0.2, -0.15) is 0 Å².